The van der Waals surface area contributed by atoms with Crippen molar-refractivity contribution in [2.24, 2.45) is 5.92 Å². The number of carboxylic acids is 1. The Hall–Kier alpha value is -3.19. The highest BCUT2D eigenvalue weighted by Crippen LogP contribution is 2.38. The summed E-state index contributed by atoms with van der Waals surface area (Å²) in [6.07, 6.45) is 0.810. The Bertz CT molecular complexity index is 1400. The predicted octanol–water partition coefficient (Wildman–Crippen LogP) is 8.96. The van der Waals surface area contributed by atoms with Gasteiger partial charge in [-0.05, 0) is 54.8 Å². The van der Waals surface area contributed by atoms with Gasteiger partial charge >= 0.3 is 5.97 Å². The molecule has 0 atom stereocenters. The van der Waals surface area contributed by atoms with Gasteiger partial charge in [0.15, 0.2) is 0 Å². The first-order valence-corrected chi connectivity index (χ1v) is 13.5. The molecule has 0 unspecified atom stereocenters. The van der Waals surface area contributed by atoms with E-state index in [-0.39, 0.29) is 17.2 Å². The number of hydrogen-bond acceptors (Lipinski definition) is 4. The van der Waals surface area contributed by atoms with Crippen LogP contribution >= 0.6 is 34.5 Å². The van der Waals surface area contributed by atoms with Crippen LogP contribution < -0.4 is 5.32 Å². The van der Waals surface area contributed by atoms with Gasteiger partial charge < -0.3 is 10.4 Å². The fraction of sp³-hybridized carbons (Fsp3) is 0.207. The molecule has 1 amide bonds. The molecule has 0 saturated carbocycles. The van der Waals surface area contributed by atoms with Crippen LogP contribution in [0.3, 0.4) is 0 Å². The third kappa shape index (κ3) is 6.98. The summed E-state index contributed by atoms with van der Waals surface area (Å²) >= 11 is 13.9. The summed E-state index contributed by atoms with van der Waals surface area (Å²) in [7, 11) is 0. The minimum atomic E-state index is -1.14. The van der Waals surface area contributed by atoms with E-state index in [0.717, 1.165) is 22.6 Å². The molecule has 0 aliphatic carbocycles. The molecule has 0 radical (unpaired) electrons. The minimum Gasteiger partial charge on any atom is -0.478 e. The zero-order valence-corrected chi connectivity index (χ0v) is 23.3. The fourth-order valence-corrected chi connectivity index (χ4v) is 5.19. The van der Waals surface area contributed by atoms with Crippen molar-refractivity contribution in [2.75, 3.05) is 5.32 Å². The maximum absolute atomic E-state index is 12.6. The standard InChI is InChI=1S/C27H22Cl2N2O3S.C2H6/c1-15(2)12-23-24(17-8-10-20(28)21(29)14-17)31-26(35-23)18-9-11-22(19(13-18)27(33)34)30-25(32)16-6-4-3-5-7-16;1-2/h3-11,13-15H,12H2,1-2H3,(H,30,32)(H,33,34);1-2H3. The Balaban J connectivity index is 0.00000186. The molecule has 5 nitrogen and oxygen atoms in total. The van der Waals surface area contributed by atoms with Crippen LogP contribution in [0.2, 0.25) is 10.0 Å². The summed E-state index contributed by atoms with van der Waals surface area (Å²) < 4.78 is 0. The zero-order chi connectivity index (χ0) is 27.1. The monoisotopic (exact) mass is 554 g/mol. The Morgan fingerprint density at radius 3 is 2.24 bits per heavy atom. The van der Waals surface area contributed by atoms with Gasteiger partial charge in [0.2, 0.25) is 0 Å². The Labute approximate surface area is 231 Å². The molecule has 1 heterocycles. The Kier molecular flexibility index (Phi) is 9.86. The molecule has 4 rings (SSSR count). The molecule has 0 fully saturated rings. The van der Waals surface area contributed by atoms with Crippen LogP contribution in [0.15, 0.2) is 66.7 Å². The first-order valence-electron chi connectivity index (χ1n) is 11.9. The van der Waals surface area contributed by atoms with Gasteiger partial charge in [-0.15, -0.1) is 11.3 Å². The zero-order valence-electron chi connectivity index (χ0n) is 21.0. The molecule has 37 heavy (non-hydrogen) atoms. The first-order chi connectivity index (χ1) is 17.7. The maximum Gasteiger partial charge on any atom is 0.337 e. The van der Waals surface area contributed by atoms with Gasteiger partial charge in [0.05, 0.1) is 27.0 Å². The lowest BCUT2D eigenvalue weighted by Gasteiger charge is -2.10. The SMILES string of the molecule is CC.CC(C)Cc1sc(-c2ccc(NC(=O)c3ccccc3)c(C(=O)O)c2)nc1-c1ccc(Cl)c(Cl)c1. The van der Waals surface area contributed by atoms with E-state index in [1.54, 1.807) is 54.6 Å². The number of thiazole rings is 1. The minimum absolute atomic E-state index is 0.0107. The number of amides is 1. The number of anilines is 1. The summed E-state index contributed by atoms with van der Waals surface area (Å²) in [4.78, 5) is 30.5. The highest BCUT2D eigenvalue weighted by molar-refractivity contribution is 7.15. The number of aromatic nitrogens is 1. The molecular formula is C29H28Cl2N2O3S. The second kappa shape index (κ2) is 12.9. The lowest BCUT2D eigenvalue weighted by molar-refractivity contribution is 0.0698. The van der Waals surface area contributed by atoms with E-state index >= 15 is 0 Å². The fourth-order valence-electron chi connectivity index (χ4n) is 3.60. The summed E-state index contributed by atoms with van der Waals surface area (Å²) in [6, 6.07) is 19.0. The molecule has 0 saturated heterocycles. The molecule has 1 aromatic heterocycles. The van der Waals surface area contributed by atoms with E-state index in [1.807, 2.05) is 26.0 Å². The highest BCUT2D eigenvalue weighted by atomic mass is 35.5. The van der Waals surface area contributed by atoms with Crippen molar-refractivity contribution in [3.8, 4) is 21.8 Å². The number of hydrogen-bond donors (Lipinski definition) is 2. The third-order valence-electron chi connectivity index (χ3n) is 5.27. The van der Waals surface area contributed by atoms with E-state index < -0.39 is 5.97 Å². The summed E-state index contributed by atoms with van der Waals surface area (Å²) in [6.45, 7) is 8.26. The number of carbonyl (C=O) groups excluding carboxylic acids is 1. The number of aromatic carboxylic acids is 1. The summed E-state index contributed by atoms with van der Waals surface area (Å²) in [5.74, 6) is -1.12. The Morgan fingerprint density at radius 1 is 0.946 bits per heavy atom. The van der Waals surface area contributed by atoms with Crippen molar-refractivity contribution in [1.29, 1.82) is 0 Å². The van der Waals surface area contributed by atoms with Crippen molar-refractivity contribution in [3.05, 3.63) is 92.8 Å². The molecule has 192 valence electrons. The molecule has 0 aliphatic rings. The first kappa shape index (κ1) is 28.4. The van der Waals surface area contributed by atoms with Crippen molar-refractivity contribution >= 4 is 52.1 Å². The number of nitrogens with one attached hydrogen (secondary N) is 1. The summed E-state index contributed by atoms with van der Waals surface area (Å²) in [5.41, 5.74) is 2.96. The number of rotatable bonds is 7. The lowest BCUT2D eigenvalue weighted by Crippen LogP contribution is -2.14. The van der Waals surface area contributed by atoms with Gasteiger partial charge in [-0.1, -0.05) is 75.2 Å². The van der Waals surface area contributed by atoms with Crippen LogP contribution in [0.1, 0.15) is 53.3 Å². The number of halogens is 2. The maximum atomic E-state index is 12.6. The second-order valence-electron chi connectivity index (χ2n) is 8.40. The largest absolute Gasteiger partial charge is 0.478 e. The van der Waals surface area contributed by atoms with E-state index in [9.17, 15) is 14.7 Å². The van der Waals surface area contributed by atoms with Gasteiger partial charge in [-0.3, -0.25) is 4.79 Å². The molecule has 0 spiro atoms. The molecular weight excluding hydrogens is 527 g/mol. The van der Waals surface area contributed by atoms with Gasteiger partial charge in [0.1, 0.15) is 5.01 Å². The van der Waals surface area contributed by atoms with Crippen molar-refractivity contribution in [3.63, 3.8) is 0 Å². The average molecular weight is 556 g/mol. The normalized spacial score (nSPS) is 10.6. The molecule has 0 aliphatic heterocycles. The van der Waals surface area contributed by atoms with Crippen LogP contribution in [-0.2, 0) is 6.42 Å². The van der Waals surface area contributed by atoms with E-state index in [4.69, 9.17) is 28.2 Å². The second-order valence-corrected chi connectivity index (χ2v) is 10.3. The van der Waals surface area contributed by atoms with Crippen LogP contribution in [0.4, 0.5) is 5.69 Å². The van der Waals surface area contributed by atoms with E-state index in [0.29, 0.717) is 32.1 Å². The van der Waals surface area contributed by atoms with Crippen LogP contribution in [0, 0.1) is 5.92 Å². The average Bonchev–Trinajstić information content (AvgIpc) is 3.30. The molecule has 4 aromatic rings. The predicted molar refractivity (Wildman–Crippen MR) is 154 cm³/mol. The van der Waals surface area contributed by atoms with Crippen molar-refractivity contribution < 1.29 is 14.7 Å². The van der Waals surface area contributed by atoms with E-state index in [2.05, 4.69) is 19.2 Å². The topological polar surface area (TPSA) is 79.3 Å². The lowest BCUT2D eigenvalue weighted by atomic mass is 10.0. The highest BCUT2D eigenvalue weighted by Gasteiger charge is 2.19. The summed E-state index contributed by atoms with van der Waals surface area (Å²) in [5, 5.41) is 14.1. The molecule has 3 aromatic carbocycles. The van der Waals surface area contributed by atoms with Gasteiger partial charge in [-0.25, -0.2) is 9.78 Å². The number of carboxylic acid groups (broad SMARTS) is 1. The third-order valence-corrected chi connectivity index (χ3v) is 7.13. The van der Waals surface area contributed by atoms with Crippen LogP contribution in [0.25, 0.3) is 21.8 Å². The molecule has 8 heteroatoms. The van der Waals surface area contributed by atoms with Crippen LogP contribution in [-0.4, -0.2) is 22.0 Å². The quantitative estimate of drug-likeness (QED) is 0.239. The number of carbonyl (C=O) groups is 2. The number of nitrogens with zero attached hydrogens (tertiary/aromatic N) is 1. The van der Waals surface area contributed by atoms with Crippen molar-refractivity contribution in [2.45, 2.75) is 34.1 Å². The van der Waals surface area contributed by atoms with Gasteiger partial charge in [0.25, 0.3) is 5.91 Å². The van der Waals surface area contributed by atoms with Gasteiger partial charge in [0, 0.05) is 21.6 Å². The van der Waals surface area contributed by atoms with Crippen molar-refractivity contribution in [1.82, 2.24) is 4.98 Å². The van der Waals surface area contributed by atoms with E-state index in [1.165, 1.54) is 11.3 Å². The molecule has 2 N–H and O–H groups in total. The van der Waals surface area contributed by atoms with Gasteiger partial charge in [-0.2, -0.15) is 0 Å². The Morgan fingerprint density at radius 2 is 1.62 bits per heavy atom. The van der Waals surface area contributed by atoms with Crippen LogP contribution in [0.5, 0.6) is 0 Å². The number of benzene rings is 3. The molecule has 0 bridgehead atoms. The smallest absolute Gasteiger partial charge is 0.337 e.